The molecule has 1 aliphatic carbocycles. The molecule has 1 aliphatic rings. The highest BCUT2D eigenvalue weighted by Gasteiger charge is 2.35. The molecule has 9 heteroatoms. The molecule has 1 fully saturated rings. The quantitative estimate of drug-likeness (QED) is 0.445. The molecule has 0 spiro atoms. The van der Waals surface area contributed by atoms with Crippen LogP contribution in [0.1, 0.15) is 59.4 Å². The van der Waals surface area contributed by atoms with Gasteiger partial charge in [0, 0.05) is 12.6 Å². The number of methoxy groups -OCH3 is 1. The van der Waals surface area contributed by atoms with Gasteiger partial charge in [-0.2, -0.15) is 0 Å². The Labute approximate surface area is 209 Å². The van der Waals surface area contributed by atoms with Gasteiger partial charge in [0.05, 0.1) is 19.9 Å². The Hall–Kier alpha value is -4.01. The van der Waals surface area contributed by atoms with E-state index in [2.05, 4.69) is 10.6 Å². The van der Waals surface area contributed by atoms with Crippen molar-refractivity contribution in [3.8, 4) is 5.75 Å². The van der Waals surface area contributed by atoms with E-state index in [1.165, 1.54) is 17.2 Å². The third-order valence-electron chi connectivity index (χ3n) is 6.24. The molecule has 0 unspecified atom stereocenters. The normalized spacial score (nSPS) is 14.3. The average Bonchev–Trinajstić information content (AvgIpc) is 3.66. The molecule has 9 nitrogen and oxygen atoms in total. The third-order valence-corrected chi connectivity index (χ3v) is 6.24. The minimum Gasteiger partial charge on any atom is -0.497 e. The summed E-state index contributed by atoms with van der Waals surface area (Å²) in [6.45, 7) is 1.57. The van der Waals surface area contributed by atoms with Crippen LogP contribution in [0.15, 0.2) is 63.6 Å². The molecule has 190 valence electrons. The third kappa shape index (κ3) is 6.16. The summed E-state index contributed by atoms with van der Waals surface area (Å²) < 4.78 is 16.3. The predicted octanol–water partition coefficient (Wildman–Crippen LogP) is 3.75. The summed E-state index contributed by atoms with van der Waals surface area (Å²) in [5.74, 6) is 0.435. The number of furan rings is 2. The summed E-state index contributed by atoms with van der Waals surface area (Å²) in [6.07, 6.45) is 5.30. The lowest BCUT2D eigenvalue weighted by atomic mass is 10.1. The number of rotatable bonds is 10. The lowest BCUT2D eigenvalue weighted by molar-refractivity contribution is -0.141. The zero-order valence-electron chi connectivity index (χ0n) is 20.5. The van der Waals surface area contributed by atoms with Gasteiger partial charge in [-0.3, -0.25) is 14.4 Å². The van der Waals surface area contributed by atoms with Crippen molar-refractivity contribution in [1.82, 2.24) is 15.5 Å². The molecule has 36 heavy (non-hydrogen) atoms. The number of nitrogens with zero attached hydrogens (tertiary/aromatic N) is 1. The SMILES string of the molecule is COc1cccc(CN(C(=O)CNC(=O)c2ccco2)[C@@H](C(=O)NC2CCCC2)c2ccc(C)o2)c1. The number of carbonyl (C=O) groups excluding carboxylic acids is 3. The predicted molar refractivity (Wildman–Crippen MR) is 131 cm³/mol. The van der Waals surface area contributed by atoms with Crippen LogP contribution in [0.3, 0.4) is 0 Å². The first kappa shape index (κ1) is 25.1. The summed E-state index contributed by atoms with van der Waals surface area (Å²) in [5, 5.41) is 5.68. The van der Waals surface area contributed by atoms with Crippen molar-refractivity contribution >= 4 is 17.7 Å². The van der Waals surface area contributed by atoms with E-state index < -0.39 is 17.9 Å². The van der Waals surface area contributed by atoms with E-state index in [1.807, 2.05) is 12.1 Å². The second kappa shape index (κ2) is 11.6. The molecule has 3 aromatic rings. The summed E-state index contributed by atoms with van der Waals surface area (Å²) in [7, 11) is 1.57. The monoisotopic (exact) mass is 493 g/mol. The fourth-order valence-electron chi connectivity index (χ4n) is 4.42. The van der Waals surface area contributed by atoms with Gasteiger partial charge in [-0.25, -0.2) is 0 Å². The van der Waals surface area contributed by atoms with Crippen molar-refractivity contribution in [2.75, 3.05) is 13.7 Å². The van der Waals surface area contributed by atoms with E-state index in [-0.39, 0.29) is 30.8 Å². The fourth-order valence-corrected chi connectivity index (χ4v) is 4.42. The molecule has 0 bridgehead atoms. The summed E-state index contributed by atoms with van der Waals surface area (Å²) in [4.78, 5) is 41.0. The van der Waals surface area contributed by atoms with Gasteiger partial charge in [-0.1, -0.05) is 25.0 Å². The minimum absolute atomic E-state index is 0.0588. The molecule has 1 atom stereocenters. The molecule has 3 amide bonds. The molecule has 0 aliphatic heterocycles. The van der Waals surface area contributed by atoms with Gasteiger partial charge in [0.25, 0.3) is 11.8 Å². The molecular weight excluding hydrogens is 462 g/mol. The second-order valence-electron chi connectivity index (χ2n) is 8.87. The largest absolute Gasteiger partial charge is 0.497 e. The van der Waals surface area contributed by atoms with Crippen molar-refractivity contribution < 1.29 is 28.0 Å². The van der Waals surface area contributed by atoms with Gasteiger partial charge < -0.3 is 29.1 Å². The molecule has 1 saturated carbocycles. The maximum atomic E-state index is 13.6. The molecule has 4 rings (SSSR count). The molecule has 0 radical (unpaired) electrons. The highest BCUT2D eigenvalue weighted by molar-refractivity contribution is 5.95. The number of hydrogen-bond acceptors (Lipinski definition) is 6. The van der Waals surface area contributed by atoms with E-state index in [1.54, 1.807) is 44.4 Å². The van der Waals surface area contributed by atoms with E-state index in [0.29, 0.717) is 17.3 Å². The molecular formula is C27H31N3O6. The molecule has 0 saturated heterocycles. The summed E-state index contributed by atoms with van der Waals surface area (Å²) in [5.41, 5.74) is 0.766. The Morgan fingerprint density at radius 2 is 1.92 bits per heavy atom. The lowest BCUT2D eigenvalue weighted by Crippen LogP contribution is -2.48. The molecule has 1 aromatic carbocycles. The zero-order chi connectivity index (χ0) is 25.5. The Bertz CT molecular complexity index is 1180. The maximum Gasteiger partial charge on any atom is 0.287 e. The van der Waals surface area contributed by atoms with E-state index in [0.717, 1.165) is 31.2 Å². The summed E-state index contributed by atoms with van der Waals surface area (Å²) in [6, 6.07) is 12.9. The van der Waals surface area contributed by atoms with Gasteiger partial charge in [0.2, 0.25) is 5.91 Å². The van der Waals surface area contributed by atoms with Crippen molar-refractivity contribution in [3.63, 3.8) is 0 Å². The van der Waals surface area contributed by atoms with Crippen LogP contribution in [0, 0.1) is 6.92 Å². The number of aryl methyl sites for hydroxylation is 1. The highest BCUT2D eigenvalue weighted by Crippen LogP contribution is 2.28. The molecule has 2 N–H and O–H groups in total. The van der Waals surface area contributed by atoms with E-state index >= 15 is 0 Å². The first-order valence-electron chi connectivity index (χ1n) is 12.1. The maximum absolute atomic E-state index is 13.6. The Kier molecular flexibility index (Phi) is 8.10. The van der Waals surface area contributed by atoms with Crippen LogP contribution in [-0.2, 0) is 16.1 Å². The van der Waals surface area contributed by atoms with Crippen molar-refractivity contribution in [1.29, 1.82) is 0 Å². The van der Waals surface area contributed by atoms with Crippen molar-refractivity contribution in [3.05, 3.63) is 77.6 Å². The number of benzene rings is 1. The number of ether oxygens (including phenoxy) is 1. The van der Waals surface area contributed by atoms with Crippen LogP contribution in [0.5, 0.6) is 5.75 Å². The van der Waals surface area contributed by atoms with Crippen LogP contribution in [-0.4, -0.2) is 42.3 Å². The van der Waals surface area contributed by atoms with Crippen LogP contribution in [0.4, 0.5) is 0 Å². The highest BCUT2D eigenvalue weighted by atomic mass is 16.5. The topological polar surface area (TPSA) is 114 Å². The van der Waals surface area contributed by atoms with Gasteiger partial charge in [0.15, 0.2) is 11.8 Å². The molecule has 2 heterocycles. The number of amides is 3. The first-order chi connectivity index (χ1) is 17.4. The van der Waals surface area contributed by atoms with Crippen molar-refractivity contribution in [2.24, 2.45) is 0 Å². The minimum atomic E-state index is -1.02. The van der Waals surface area contributed by atoms with Gasteiger partial charge in [0.1, 0.15) is 17.3 Å². The number of hydrogen-bond donors (Lipinski definition) is 2. The Morgan fingerprint density at radius 1 is 1.11 bits per heavy atom. The Balaban J connectivity index is 1.63. The Morgan fingerprint density at radius 3 is 2.58 bits per heavy atom. The van der Waals surface area contributed by atoms with Crippen molar-refractivity contribution in [2.45, 2.75) is 51.2 Å². The van der Waals surface area contributed by atoms with Crippen LogP contribution in [0.25, 0.3) is 0 Å². The fraction of sp³-hybridized carbons (Fsp3) is 0.370. The van der Waals surface area contributed by atoms with Gasteiger partial charge in [-0.15, -0.1) is 0 Å². The number of carbonyl (C=O) groups is 3. The number of nitrogens with one attached hydrogen (secondary N) is 2. The zero-order valence-corrected chi connectivity index (χ0v) is 20.5. The first-order valence-corrected chi connectivity index (χ1v) is 12.1. The lowest BCUT2D eigenvalue weighted by Gasteiger charge is -2.31. The van der Waals surface area contributed by atoms with Crippen LogP contribution >= 0.6 is 0 Å². The van der Waals surface area contributed by atoms with Crippen LogP contribution in [0.2, 0.25) is 0 Å². The van der Waals surface area contributed by atoms with E-state index in [4.69, 9.17) is 13.6 Å². The average molecular weight is 494 g/mol. The molecule has 2 aromatic heterocycles. The summed E-state index contributed by atoms with van der Waals surface area (Å²) >= 11 is 0. The van der Waals surface area contributed by atoms with Crippen LogP contribution < -0.4 is 15.4 Å². The van der Waals surface area contributed by atoms with E-state index in [9.17, 15) is 14.4 Å². The van der Waals surface area contributed by atoms with Gasteiger partial charge >= 0.3 is 0 Å². The second-order valence-corrected chi connectivity index (χ2v) is 8.87. The standard InChI is InChI=1S/C27H31N3O6/c1-18-12-13-22(36-18)25(27(33)29-20-8-3-4-9-20)30(17-19-7-5-10-21(15-19)34-2)24(31)16-28-26(32)23-11-6-14-35-23/h5-7,10-15,20,25H,3-4,8-9,16-17H2,1-2H3,(H,28,32)(H,29,33)/t25-/m1/s1. The van der Waals surface area contributed by atoms with Gasteiger partial charge in [-0.05, 0) is 61.7 Å². The smallest absolute Gasteiger partial charge is 0.287 e.